The summed E-state index contributed by atoms with van der Waals surface area (Å²) in [7, 11) is 1.91. The number of pyridine rings is 1. The number of anilines is 3. The van der Waals surface area contributed by atoms with Gasteiger partial charge in [-0.15, -0.1) is 45.8 Å². The summed E-state index contributed by atoms with van der Waals surface area (Å²) >= 11 is 0. The molecule has 3 heterocycles. The molecule has 6 nitrogen and oxygen atoms in total. The number of benzene rings is 4. The van der Waals surface area contributed by atoms with E-state index in [1.165, 1.54) is 12.3 Å². The topological polar surface area (TPSA) is 46.3 Å². The SMILES string of the molecule is [2H]C([2H])([2H])c1ccnc(-n2c3[c-]c(Oc4[c-]c(N5[OH+]N(C)c6ccccc65)ccc4)ccc3c3ccccc32)c1.[Pt]. The van der Waals surface area contributed by atoms with Crippen LogP contribution in [-0.2, 0) is 21.1 Å². The number of aromatic nitrogens is 2. The van der Waals surface area contributed by atoms with Gasteiger partial charge in [0.25, 0.3) is 0 Å². The van der Waals surface area contributed by atoms with Crippen molar-refractivity contribution in [3.8, 4) is 17.3 Å². The molecule has 1 aliphatic rings. The molecule has 1 N–H and O–H groups in total. The third-order valence-electron chi connectivity index (χ3n) is 6.41. The van der Waals surface area contributed by atoms with E-state index >= 15 is 0 Å². The van der Waals surface area contributed by atoms with Crippen LogP contribution in [0.1, 0.15) is 9.68 Å². The van der Waals surface area contributed by atoms with Crippen molar-refractivity contribution < 1.29 is 34.9 Å². The van der Waals surface area contributed by atoms with Gasteiger partial charge in [0.05, 0.1) is 7.05 Å². The van der Waals surface area contributed by atoms with Crippen LogP contribution in [0.2, 0.25) is 0 Å². The Balaban J connectivity index is 0.00000302. The first-order chi connectivity index (χ1) is 19.4. The number of para-hydroxylation sites is 3. The Hall–Kier alpha value is -4.12. The minimum absolute atomic E-state index is 0. The zero-order chi connectivity index (χ0) is 27.4. The maximum atomic E-state index is 7.86. The Bertz CT molecular complexity index is 1910. The van der Waals surface area contributed by atoms with E-state index in [-0.39, 0.29) is 26.6 Å². The second kappa shape index (κ2) is 9.64. The fourth-order valence-electron chi connectivity index (χ4n) is 4.78. The second-order valence-electron chi connectivity index (χ2n) is 8.76. The van der Waals surface area contributed by atoms with Gasteiger partial charge in [0, 0.05) is 54.1 Å². The molecule has 0 bridgehead atoms. The van der Waals surface area contributed by atoms with E-state index in [1.807, 2.05) is 101 Å². The van der Waals surface area contributed by atoms with Gasteiger partial charge >= 0.3 is 0 Å². The molecule has 0 saturated heterocycles. The number of hydroxylamine groups is 1. The number of rotatable bonds is 4. The van der Waals surface area contributed by atoms with Crippen molar-refractivity contribution in [1.82, 2.24) is 9.55 Å². The number of ether oxygens (including phenoxy) is 1. The molecular formula is C31H23N4O2Pt-. The molecular weight excluding hydrogens is 655 g/mol. The second-order valence-corrected chi connectivity index (χ2v) is 8.76. The third-order valence-corrected chi connectivity index (χ3v) is 6.41. The summed E-state index contributed by atoms with van der Waals surface area (Å²) in [5.74, 6) is 1.51. The number of aryl methyl sites for hydroxylation is 1. The molecule has 190 valence electrons. The van der Waals surface area contributed by atoms with Crippen LogP contribution in [-0.4, -0.2) is 21.5 Å². The van der Waals surface area contributed by atoms with Crippen LogP contribution in [0.3, 0.4) is 0 Å². The van der Waals surface area contributed by atoms with Crippen molar-refractivity contribution in [2.75, 3.05) is 17.2 Å². The zero-order valence-electron chi connectivity index (χ0n) is 23.2. The summed E-state index contributed by atoms with van der Waals surface area (Å²) in [5, 5.41) is 5.62. The average molecular weight is 682 g/mol. The summed E-state index contributed by atoms with van der Waals surface area (Å²) < 4.78 is 31.8. The molecule has 0 spiro atoms. The van der Waals surface area contributed by atoms with Crippen LogP contribution in [0.15, 0.2) is 97.2 Å². The number of hydrogen-bond acceptors (Lipinski definition) is 4. The molecule has 0 aliphatic carbocycles. The third kappa shape index (κ3) is 4.03. The van der Waals surface area contributed by atoms with Crippen molar-refractivity contribution in [2.24, 2.45) is 0 Å². The summed E-state index contributed by atoms with van der Waals surface area (Å²) in [6.45, 7) is -2.24. The molecule has 4 aromatic carbocycles. The first kappa shape index (κ1) is 20.9. The van der Waals surface area contributed by atoms with E-state index in [0.717, 1.165) is 38.9 Å². The van der Waals surface area contributed by atoms with E-state index in [4.69, 9.17) is 8.85 Å². The van der Waals surface area contributed by atoms with Gasteiger partial charge in [0.15, 0.2) is 0 Å². The smallest absolute Gasteiger partial charge is 0.145 e. The van der Waals surface area contributed by atoms with Crippen LogP contribution in [0.4, 0.5) is 17.1 Å². The van der Waals surface area contributed by atoms with E-state index < -0.39 is 6.85 Å². The molecule has 0 fully saturated rings. The molecule has 1 aliphatic heterocycles. The Morgan fingerprint density at radius 2 is 1.66 bits per heavy atom. The quantitative estimate of drug-likeness (QED) is 0.145. The fraction of sp³-hybridized carbons (Fsp3) is 0.0645. The van der Waals surface area contributed by atoms with Crippen LogP contribution < -0.4 is 14.9 Å². The number of hydrogen-bond donors (Lipinski definition) is 0. The first-order valence-corrected chi connectivity index (χ1v) is 11.8. The van der Waals surface area contributed by atoms with Crippen molar-refractivity contribution >= 4 is 38.9 Å². The van der Waals surface area contributed by atoms with Gasteiger partial charge < -0.3 is 9.30 Å². The maximum Gasteiger partial charge on any atom is 0.145 e. The standard InChI is InChI=1S/C31H22N4O2.Pt/c1-21-16-17-32-31(18-21)34-27-11-4-3-10-25(27)26-15-14-24(20-30(26)34)36-23-9-7-8-22(19-23)35-29-13-6-5-12-28(29)33(2)37-35;/h3-18H,1-2H3;/q-2;/p+1/i1D3;. The van der Waals surface area contributed by atoms with Crippen LogP contribution in [0, 0.1) is 19.0 Å². The van der Waals surface area contributed by atoms with E-state index in [1.54, 1.807) is 6.07 Å². The van der Waals surface area contributed by atoms with Crippen molar-refractivity contribution in [3.63, 3.8) is 0 Å². The van der Waals surface area contributed by atoms with Gasteiger partial charge in [-0.2, -0.15) is 17.1 Å². The molecule has 0 saturated carbocycles. The van der Waals surface area contributed by atoms with Gasteiger partial charge in [0.1, 0.15) is 17.2 Å². The Labute approximate surface area is 239 Å². The average Bonchev–Trinajstić information content (AvgIpc) is 3.47. The van der Waals surface area contributed by atoms with Crippen molar-refractivity contribution in [1.29, 1.82) is 0 Å². The van der Waals surface area contributed by atoms with Gasteiger partial charge in [0.2, 0.25) is 0 Å². The maximum absolute atomic E-state index is 7.86. The minimum Gasteiger partial charge on any atom is -0.509 e. The van der Waals surface area contributed by atoms with Crippen molar-refractivity contribution in [2.45, 2.75) is 6.85 Å². The van der Waals surface area contributed by atoms with Crippen LogP contribution in [0.25, 0.3) is 27.6 Å². The largest absolute Gasteiger partial charge is 0.509 e. The van der Waals surface area contributed by atoms with Gasteiger partial charge in [-0.1, -0.05) is 35.8 Å². The summed E-state index contributed by atoms with van der Waals surface area (Å²) in [6, 6.07) is 35.3. The molecule has 38 heavy (non-hydrogen) atoms. The summed E-state index contributed by atoms with van der Waals surface area (Å²) in [6.07, 6.45) is 1.53. The molecule has 0 amide bonds. The van der Waals surface area contributed by atoms with E-state index in [2.05, 4.69) is 22.1 Å². The number of nitrogens with zero attached hydrogens (tertiary/aromatic N) is 4. The normalized spacial score (nSPS) is 14.1. The molecule has 0 atom stereocenters. The summed E-state index contributed by atoms with van der Waals surface area (Å²) in [4.78, 5) is 9.15. The molecule has 2 aromatic heterocycles. The predicted octanol–water partition coefficient (Wildman–Crippen LogP) is 7.31. The van der Waals surface area contributed by atoms with Crippen LogP contribution in [0.5, 0.6) is 11.5 Å². The molecule has 6 aromatic rings. The van der Waals surface area contributed by atoms with Gasteiger partial charge in [-0.3, -0.25) is 0 Å². The monoisotopic (exact) mass is 681 g/mol. The minimum atomic E-state index is -2.24. The van der Waals surface area contributed by atoms with E-state index in [0.29, 0.717) is 17.3 Å². The molecule has 0 unspecified atom stereocenters. The Morgan fingerprint density at radius 3 is 2.55 bits per heavy atom. The van der Waals surface area contributed by atoms with Crippen LogP contribution >= 0.6 is 0 Å². The molecule has 0 radical (unpaired) electrons. The summed E-state index contributed by atoms with van der Waals surface area (Å²) in [5.41, 5.74) is 4.56. The van der Waals surface area contributed by atoms with Gasteiger partial charge in [-0.05, 0) is 48.1 Å². The Morgan fingerprint density at radius 1 is 0.842 bits per heavy atom. The first-order valence-electron chi connectivity index (χ1n) is 13.3. The van der Waals surface area contributed by atoms with Gasteiger partial charge in [-0.25, -0.2) is 4.98 Å². The predicted molar refractivity (Wildman–Crippen MR) is 146 cm³/mol. The van der Waals surface area contributed by atoms with E-state index in [9.17, 15) is 0 Å². The number of fused-ring (bicyclic) bond motifs is 4. The fourth-order valence-corrected chi connectivity index (χ4v) is 4.78. The zero-order valence-corrected chi connectivity index (χ0v) is 22.5. The molecule has 7 rings (SSSR count). The molecule has 7 heteroatoms. The van der Waals surface area contributed by atoms with Crippen molar-refractivity contribution in [3.05, 3.63) is 115 Å². The Kier molecular flexibility index (Phi) is 5.30.